The number of carbonyl (C=O) groups excluding carboxylic acids is 2. The molecule has 0 aliphatic heterocycles. The zero-order valence-electron chi connectivity index (χ0n) is 10.0. The number of ether oxygens (including phenoxy) is 1. The Balaban J connectivity index is 2.47. The molecule has 0 atom stereocenters. The maximum Gasteiger partial charge on any atom is 0.287 e. The third-order valence-electron chi connectivity index (χ3n) is 2.42. The van der Waals surface area contributed by atoms with E-state index in [9.17, 15) is 9.59 Å². The molecular weight excluding hydrogens is 250 g/mol. The first-order valence-electron chi connectivity index (χ1n) is 5.27. The van der Waals surface area contributed by atoms with E-state index in [1.54, 1.807) is 24.3 Å². The highest BCUT2D eigenvalue weighted by Crippen LogP contribution is 2.24. The third kappa shape index (κ3) is 2.39. The number of benzene rings is 1. The second-order valence-corrected chi connectivity index (χ2v) is 3.65. The summed E-state index contributed by atoms with van der Waals surface area (Å²) < 4.78 is 10.2. The van der Waals surface area contributed by atoms with Crippen molar-refractivity contribution in [3.8, 4) is 17.2 Å². The molecule has 0 radical (unpaired) electrons. The predicted octanol–water partition coefficient (Wildman–Crippen LogP) is 0.548. The molecule has 4 N–H and O–H groups in total. The number of hydrogen-bond donors (Lipinski definition) is 2. The van der Waals surface area contributed by atoms with Gasteiger partial charge in [-0.15, -0.1) is 0 Å². The summed E-state index contributed by atoms with van der Waals surface area (Å²) in [5.74, 6) is -1.39. The number of hydrogen-bond acceptors (Lipinski definition) is 5. The van der Waals surface area contributed by atoms with Crippen molar-refractivity contribution in [1.29, 1.82) is 0 Å². The van der Waals surface area contributed by atoms with E-state index < -0.39 is 11.8 Å². The van der Waals surface area contributed by atoms with E-state index in [0.717, 1.165) is 0 Å². The fourth-order valence-corrected chi connectivity index (χ4v) is 1.51. The van der Waals surface area contributed by atoms with E-state index in [2.05, 4.69) is 4.98 Å². The van der Waals surface area contributed by atoms with Crippen LogP contribution in [0.25, 0.3) is 11.5 Å². The van der Waals surface area contributed by atoms with Crippen LogP contribution in [-0.2, 0) is 0 Å². The number of carbonyl (C=O) groups is 2. The Morgan fingerprint density at radius 3 is 2.21 bits per heavy atom. The molecular formula is C12H11N3O4. The number of rotatable bonds is 4. The van der Waals surface area contributed by atoms with E-state index >= 15 is 0 Å². The number of amides is 2. The molecule has 98 valence electrons. The van der Waals surface area contributed by atoms with Gasteiger partial charge in [-0.1, -0.05) is 0 Å². The van der Waals surface area contributed by atoms with Gasteiger partial charge in [-0.25, -0.2) is 4.98 Å². The van der Waals surface area contributed by atoms with Crippen molar-refractivity contribution in [3.63, 3.8) is 0 Å². The molecule has 7 nitrogen and oxygen atoms in total. The van der Waals surface area contributed by atoms with Gasteiger partial charge in [0.05, 0.1) is 7.11 Å². The SMILES string of the molecule is COc1ccc(-c2nc(C(N)=O)c(C(N)=O)o2)cc1. The summed E-state index contributed by atoms with van der Waals surface area (Å²) in [5.41, 5.74) is 10.5. The maximum atomic E-state index is 11.1. The van der Waals surface area contributed by atoms with Crippen molar-refractivity contribution in [3.05, 3.63) is 35.7 Å². The van der Waals surface area contributed by atoms with Crippen LogP contribution in [0.5, 0.6) is 5.75 Å². The summed E-state index contributed by atoms with van der Waals surface area (Å²) in [5, 5.41) is 0. The van der Waals surface area contributed by atoms with Crippen LogP contribution in [0.3, 0.4) is 0 Å². The Morgan fingerprint density at radius 2 is 1.79 bits per heavy atom. The average molecular weight is 261 g/mol. The molecule has 7 heteroatoms. The summed E-state index contributed by atoms with van der Waals surface area (Å²) in [7, 11) is 1.54. The molecule has 2 aromatic rings. The first-order valence-corrected chi connectivity index (χ1v) is 5.27. The number of aromatic nitrogens is 1. The van der Waals surface area contributed by atoms with Crippen LogP contribution in [0.4, 0.5) is 0 Å². The van der Waals surface area contributed by atoms with Gasteiger partial charge in [0.1, 0.15) is 5.75 Å². The van der Waals surface area contributed by atoms with Crippen molar-refractivity contribution in [2.24, 2.45) is 11.5 Å². The van der Waals surface area contributed by atoms with Gasteiger partial charge in [0.25, 0.3) is 11.8 Å². The smallest absolute Gasteiger partial charge is 0.287 e. The maximum absolute atomic E-state index is 11.1. The molecule has 0 aliphatic rings. The highest BCUT2D eigenvalue weighted by atomic mass is 16.5. The molecule has 0 unspecified atom stereocenters. The predicted molar refractivity (Wildman–Crippen MR) is 65.5 cm³/mol. The highest BCUT2D eigenvalue weighted by molar-refractivity contribution is 6.03. The van der Waals surface area contributed by atoms with Crippen LogP contribution < -0.4 is 16.2 Å². The molecule has 1 heterocycles. The van der Waals surface area contributed by atoms with Crippen LogP contribution in [0, 0.1) is 0 Å². The minimum absolute atomic E-state index is 0.0882. The molecule has 0 saturated carbocycles. The monoisotopic (exact) mass is 261 g/mol. The lowest BCUT2D eigenvalue weighted by Crippen LogP contribution is -2.19. The van der Waals surface area contributed by atoms with Crippen LogP contribution >= 0.6 is 0 Å². The second kappa shape index (κ2) is 4.81. The topological polar surface area (TPSA) is 121 Å². The van der Waals surface area contributed by atoms with E-state index in [-0.39, 0.29) is 17.3 Å². The zero-order chi connectivity index (χ0) is 14.0. The van der Waals surface area contributed by atoms with Crippen LogP contribution in [-0.4, -0.2) is 23.9 Å². The molecule has 0 saturated heterocycles. The fourth-order valence-electron chi connectivity index (χ4n) is 1.51. The Morgan fingerprint density at radius 1 is 1.16 bits per heavy atom. The Hall–Kier alpha value is -2.83. The van der Waals surface area contributed by atoms with Crippen LogP contribution in [0.15, 0.2) is 28.7 Å². The van der Waals surface area contributed by atoms with Crippen molar-refractivity contribution in [2.75, 3.05) is 7.11 Å². The minimum atomic E-state index is -0.902. The van der Waals surface area contributed by atoms with Gasteiger partial charge in [0, 0.05) is 5.56 Å². The summed E-state index contributed by atoms with van der Waals surface area (Å²) in [6, 6.07) is 6.71. The summed E-state index contributed by atoms with van der Waals surface area (Å²) in [6.45, 7) is 0. The normalized spacial score (nSPS) is 10.2. The molecule has 0 fully saturated rings. The molecule has 0 spiro atoms. The lowest BCUT2D eigenvalue weighted by molar-refractivity contribution is 0.0946. The van der Waals surface area contributed by atoms with Gasteiger partial charge >= 0.3 is 0 Å². The second-order valence-electron chi connectivity index (χ2n) is 3.65. The molecule has 0 bridgehead atoms. The number of nitrogens with two attached hydrogens (primary N) is 2. The largest absolute Gasteiger partial charge is 0.497 e. The lowest BCUT2D eigenvalue weighted by atomic mass is 10.2. The Labute approximate surface area is 108 Å². The summed E-state index contributed by atoms with van der Waals surface area (Å²) in [6.07, 6.45) is 0. The zero-order valence-corrected chi connectivity index (χ0v) is 10.0. The van der Waals surface area contributed by atoms with E-state index in [1.807, 2.05) is 0 Å². The van der Waals surface area contributed by atoms with Gasteiger partial charge in [-0.05, 0) is 24.3 Å². The molecule has 2 amide bonds. The van der Waals surface area contributed by atoms with Crippen molar-refractivity contribution < 1.29 is 18.7 Å². The minimum Gasteiger partial charge on any atom is -0.497 e. The van der Waals surface area contributed by atoms with Gasteiger partial charge in [0.2, 0.25) is 11.7 Å². The molecule has 1 aromatic heterocycles. The first-order chi connectivity index (χ1) is 9.02. The number of nitrogens with zero attached hydrogens (tertiary/aromatic N) is 1. The van der Waals surface area contributed by atoms with E-state index in [1.165, 1.54) is 7.11 Å². The van der Waals surface area contributed by atoms with Gasteiger partial charge in [-0.2, -0.15) is 0 Å². The lowest BCUT2D eigenvalue weighted by Gasteiger charge is -1.99. The highest BCUT2D eigenvalue weighted by Gasteiger charge is 2.22. The number of methoxy groups -OCH3 is 1. The van der Waals surface area contributed by atoms with Gasteiger partial charge < -0.3 is 20.6 Å². The van der Waals surface area contributed by atoms with Gasteiger partial charge in [0.15, 0.2) is 5.69 Å². The molecule has 0 aliphatic carbocycles. The Kier molecular flexibility index (Phi) is 3.19. The Bertz CT molecular complexity index is 599. The molecule has 19 heavy (non-hydrogen) atoms. The quantitative estimate of drug-likeness (QED) is 0.832. The first kappa shape index (κ1) is 12.6. The van der Waals surface area contributed by atoms with Crippen molar-refractivity contribution in [1.82, 2.24) is 4.98 Å². The summed E-state index contributed by atoms with van der Waals surface area (Å²) in [4.78, 5) is 26.1. The standard InChI is InChI=1S/C12H11N3O4/c1-18-7-4-2-6(3-5-7)12-15-8(10(13)16)9(19-12)11(14)17/h2-5H,1H3,(H2,13,16)(H2,14,17). The van der Waals surface area contributed by atoms with Crippen LogP contribution in [0.2, 0.25) is 0 Å². The van der Waals surface area contributed by atoms with E-state index in [4.69, 9.17) is 20.6 Å². The average Bonchev–Trinajstić information content (AvgIpc) is 2.84. The molecule has 1 aromatic carbocycles. The summed E-state index contributed by atoms with van der Waals surface area (Å²) >= 11 is 0. The van der Waals surface area contributed by atoms with Gasteiger partial charge in [-0.3, -0.25) is 9.59 Å². The van der Waals surface area contributed by atoms with Crippen LogP contribution in [0.1, 0.15) is 21.0 Å². The van der Waals surface area contributed by atoms with E-state index in [0.29, 0.717) is 11.3 Å². The number of primary amides is 2. The fraction of sp³-hybridized carbons (Fsp3) is 0.0833. The van der Waals surface area contributed by atoms with Crippen molar-refractivity contribution >= 4 is 11.8 Å². The number of oxazole rings is 1. The third-order valence-corrected chi connectivity index (χ3v) is 2.42. The van der Waals surface area contributed by atoms with Crippen molar-refractivity contribution in [2.45, 2.75) is 0 Å². The molecule has 2 rings (SSSR count).